The third kappa shape index (κ3) is 7.58. The van der Waals surface area contributed by atoms with Crippen molar-refractivity contribution in [2.24, 2.45) is 0 Å². The molecule has 0 unspecified atom stereocenters. The van der Waals surface area contributed by atoms with Crippen LogP contribution in [0, 0.1) is 0 Å². The van der Waals surface area contributed by atoms with Gasteiger partial charge in [0.2, 0.25) is 0 Å². The first-order chi connectivity index (χ1) is 14.4. The van der Waals surface area contributed by atoms with Crippen LogP contribution in [0.5, 0.6) is 0 Å². The van der Waals surface area contributed by atoms with Crippen molar-refractivity contribution in [2.45, 2.75) is 77.1 Å². The highest BCUT2D eigenvalue weighted by atomic mass is 16.6. The molecular weight excluding hydrogens is 372 g/mol. The summed E-state index contributed by atoms with van der Waals surface area (Å²) in [6.07, 6.45) is 4.94. The molecule has 2 aromatic rings. The van der Waals surface area contributed by atoms with E-state index in [9.17, 15) is 4.79 Å². The number of carbonyl (C=O) groups excluding carboxylic acids is 1. The monoisotopic (exact) mass is 408 g/mol. The Balaban J connectivity index is 1.37. The average Bonchev–Trinajstić information content (AvgIpc) is 2.73. The standard InChI is InChI=1S/C26H36N2O2/c1-26(2,3)30-25(29)19-27-17-21-9-11-22(12-10-21)23-13-15-24(16-14-23)28-18-20-7-5-4-6-8-20/h4-12,23-24,27-28H,13-19H2,1-3H3. The molecule has 1 saturated carbocycles. The number of benzene rings is 2. The second kappa shape index (κ2) is 10.7. The number of hydrogen-bond donors (Lipinski definition) is 2. The summed E-state index contributed by atoms with van der Waals surface area (Å²) in [4.78, 5) is 11.8. The molecule has 1 aliphatic rings. The second-order valence-corrected chi connectivity index (χ2v) is 9.35. The fourth-order valence-corrected chi connectivity index (χ4v) is 4.08. The highest BCUT2D eigenvalue weighted by Gasteiger charge is 2.22. The third-order valence-electron chi connectivity index (χ3n) is 5.63. The first kappa shape index (κ1) is 22.5. The Morgan fingerprint density at radius 3 is 2.17 bits per heavy atom. The zero-order valence-electron chi connectivity index (χ0n) is 18.6. The van der Waals surface area contributed by atoms with Crippen molar-refractivity contribution in [1.29, 1.82) is 0 Å². The molecule has 0 atom stereocenters. The summed E-state index contributed by atoms with van der Waals surface area (Å²) in [5.74, 6) is 0.445. The van der Waals surface area contributed by atoms with Gasteiger partial charge in [0.15, 0.2) is 0 Å². The number of hydrogen-bond acceptors (Lipinski definition) is 4. The number of carbonyl (C=O) groups is 1. The van der Waals surface area contributed by atoms with Crippen LogP contribution in [0.3, 0.4) is 0 Å². The number of ether oxygens (including phenoxy) is 1. The minimum Gasteiger partial charge on any atom is -0.459 e. The molecule has 0 radical (unpaired) electrons. The van der Waals surface area contributed by atoms with E-state index in [0.717, 1.165) is 6.54 Å². The predicted octanol–water partition coefficient (Wildman–Crippen LogP) is 4.93. The molecule has 0 saturated heterocycles. The van der Waals surface area contributed by atoms with Crippen LogP contribution in [-0.2, 0) is 22.6 Å². The highest BCUT2D eigenvalue weighted by Crippen LogP contribution is 2.33. The van der Waals surface area contributed by atoms with E-state index >= 15 is 0 Å². The van der Waals surface area contributed by atoms with Crippen molar-refractivity contribution in [3.05, 3.63) is 71.3 Å². The molecule has 162 valence electrons. The molecule has 4 nitrogen and oxygen atoms in total. The SMILES string of the molecule is CC(C)(C)OC(=O)CNCc1ccc(C2CCC(NCc3ccccc3)CC2)cc1. The van der Waals surface area contributed by atoms with Gasteiger partial charge in [0.25, 0.3) is 0 Å². The molecular formula is C26H36N2O2. The lowest BCUT2D eigenvalue weighted by Crippen LogP contribution is -2.32. The predicted molar refractivity (Wildman–Crippen MR) is 122 cm³/mol. The van der Waals surface area contributed by atoms with E-state index in [1.54, 1.807) is 0 Å². The Kier molecular flexibility index (Phi) is 8.06. The van der Waals surface area contributed by atoms with E-state index in [1.165, 1.54) is 42.4 Å². The van der Waals surface area contributed by atoms with Crippen LogP contribution in [0.1, 0.15) is 69.1 Å². The van der Waals surface area contributed by atoms with Crippen LogP contribution in [0.2, 0.25) is 0 Å². The Morgan fingerprint density at radius 1 is 0.900 bits per heavy atom. The summed E-state index contributed by atoms with van der Waals surface area (Å²) < 4.78 is 5.32. The molecule has 0 heterocycles. The summed E-state index contributed by atoms with van der Waals surface area (Å²) in [6, 6.07) is 20.1. The summed E-state index contributed by atoms with van der Waals surface area (Å²) in [6.45, 7) is 7.53. The summed E-state index contributed by atoms with van der Waals surface area (Å²) in [5, 5.41) is 6.89. The fourth-order valence-electron chi connectivity index (χ4n) is 4.08. The third-order valence-corrected chi connectivity index (χ3v) is 5.63. The van der Waals surface area contributed by atoms with E-state index in [1.807, 2.05) is 20.8 Å². The Morgan fingerprint density at radius 2 is 1.53 bits per heavy atom. The lowest BCUT2D eigenvalue weighted by atomic mass is 9.81. The average molecular weight is 409 g/mol. The minimum atomic E-state index is -0.434. The van der Waals surface area contributed by atoms with E-state index in [0.29, 0.717) is 18.5 Å². The molecule has 0 spiro atoms. The quantitative estimate of drug-likeness (QED) is 0.608. The number of esters is 1. The molecule has 2 aromatic carbocycles. The smallest absolute Gasteiger partial charge is 0.320 e. The van der Waals surface area contributed by atoms with Crippen LogP contribution < -0.4 is 10.6 Å². The topological polar surface area (TPSA) is 50.4 Å². The molecule has 3 rings (SSSR count). The molecule has 0 bridgehead atoms. The molecule has 1 fully saturated rings. The van der Waals surface area contributed by atoms with Crippen LogP contribution in [0.25, 0.3) is 0 Å². The van der Waals surface area contributed by atoms with Gasteiger partial charge in [-0.25, -0.2) is 0 Å². The van der Waals surface area contributed by atoms with Crippen molar-refractivity contribution in [3.8, 4) is 0 Å². The van der Waals surface area contributed by atoms with Crippen LogP contribution in [0.15, 0.2) is 54.6 Å². The molecule has 1 aliphatic carbocycles. The van der Waals surface area contributed by atoms with Gasteiger partial charge in [0.1, 0.15) is 5.60 Å². The lowest BCUT2D eigenvalue weighted by Gasteiger charge is -2.29. The van der Waals surface area contributed by atoms with Crippen LogP contribution >= 0.6 is 0 Å². The van der Waals surface area contributed by atoms with Crippen LogP contribution in [0.4, 0.5) is 0 Å². The van der Waals surface area contributed by atoms with Gasteiger partial charge in [0, 0.05) is 19.1 Å². The van der Waals surface area contributed by atoms with E-state index in [4.69, 9.17) is 4.74 Å². The van der Waals surface area contributed by atoms with Gasteiger partial charge in [-0.2, -0.15) is 0 Å². The lowest BCUT2D eigenvalue weighted by molar-refractivity contribution is -0.153. The molecule has 2 N–H and O–H groups in total. The fraction of sp³-hybridized carbons (Fsp3) is 0.500. The van der Waals surface area contributed by atoms with Gasteiger partial charge in [0.05, 0.1) is 6.54 Å². The number of rotatable bonds is 8. The summed E-state index contributed by atoms with van der Waals surface area (Å²) in [7, 11) is 0. The normalized spacial score (nSPS) is 19.4. The van der Waals surface area contributed by atoms with Crippen molar-refractivity contribution in [2.75, 3.05) is 6.54 Å². The number of nitrogens with one attached hydrogen (secondary N) is 2. The Labute approximate surface area is 181 Å². The first-order valence-corrected chi connectivity index (χ1v) is 11.2. The Hall–Kier alpha value is -2.17. The van der Waals surface area contributed by atoms with Gasteiger partial charge in [-0.05, 0) is 69.1 Å². The van der Waals surface area contributed by atoms with Gasteiger partial charge < -0.3 is 15.4 Å². The maximum atomic E-state index is 11.8. The van der Waals surface area contributed by atoms with Gasteiger partial charge in [-0.3, -0.25) is 4.79 Å². The van der Waals surface area contributed by atoms with Gasteiger partial charge in [-0.15, -0.1) is 0 Å². The summed E-state index contributed by atoms with van der Waals surface area (Å²) >= 11 is 0. The van der Waals surface area contributed by atoms with E-state index in [2.05, 4.69) is 65.2 Å². The van der Waals surface area contributed by atoms with E-state index < -0.39 is 5.60 Å². The minimum absolute atomic E-state index is 0.211. The van der Waals surface area contributed by atoms with E-state index in [-0.39, 0.29) is 12.5 Å². The first-order valence-electron chi connectivity index (χ1n) is 11.2. The maximum absolute atomic E-state index is 11.8. The highest BCUT2D eigenvalue weighted by molar-refractivity contribution is 5.72. The van der Waals surface area contributed by atoms with Crippen molar-refractivity contribution < 1.29 is 9.53 Å². The van der Waals surface area contributed by atoms with Gasteiger partial charge in [-0.1, -0.05) is 54.6 Å². The second-order valence-electron chi connectivity index (χ2n) is 9.35. The molecule has 0 amide bonds. The zero-order chi connectivity index (χ0) is 21.4. The van der Waals surface area contributed by atoms with Crippen molar-refractivity contribution in [3.63, 3.8) is 0 Å². The molecule has 4 heteroatoms. The summed E-state index contributed by atoms with van der Waals surface area (Å²) in [5.41, 5.74) is 3.56. The largest absolute Gasteiger partial charge is 0.459 e. The van der Waals surface area contributed by atoms with Gasteiger partial charge >= 0.3 is 5.97 Å². The molecule has 0 aliphatic heterocycles. The Bertz CT molecular complexity index is 773. The zero-order valence-corrected chi connectivity index (χ0v) is 18.6. The van der Waals surface area contributed by atoms with Crippen molar-refractivity contribution >= 4 is 5.97 Å². The van der Waals surface area contributed by atoms with Crippen LogP contribution in [-0.4, -0.2) is 24.2 Å². The maximum Gasteiger partial charge on any atom is 0.320 e. The molecule has 30 heavy (non-hydrogen) atoms. The molecule has 0 aromatic heterocycles. The van der Waals surface area contributed by atoms with Crippen molar-refractivity contribution in [1.82, 2.24) is 10.6 Å².